The molecule has 54 valence electrons. The Labute approximate surface area is 83.4 Å². The molecule has 0 aromatic carbocycles. The number of hydrogen-bond acceptors (Lipinski definition) is 2. The second-order valence-electron chi connectivity index (χ2n) is 2.28. The molecule has 4 heteroatoms. The summed E-state index contributed by atoms with van der Waals surface area (Å²) in [5, 5.41) is 13.1. The van der Waals surface area contributed by atoms with Crippen LogP contribution in [0.1, 0.15) is 6.92 Å². The number of morpholine rings is 1. The van der Waals surface area contributed by atoms with E-state index in [4.69, 9.17) is 9.84 Å². The van der Waals surface area contributed by atoms with Gasteiger partial charge in [0.1, 0.15) is 0 Å². The molecule has 2 atom stereocenters. The smallest absolute Gasteiger partial charge is 0.658 e. The van der Waals surface area contributed by atoms with E-state index in [0.29, 0.717) is 13.2 Å². The molecule has 0 bridgehead atoms. The average Bonchev–Trinajstić information content (AvgIpc) is 1.90. The van der Waals surface area contributed by atoms with E-state index >= 15 is 0 Å². The minimum absolute atomic E-state index is 0. The fourth-order valence-corrected chi connectivity index (χ4v) is 0.832. The molecule has 0 radical (unpaired) electrons. The Bertz CT molecular complexity index is 83.8. The van der Waals surface area contributed by atoms with E-state index in [1.807, 2.05) is 0 Å². The fourth-order valence-electron chi connectivity index (χ4n) is 0.832. The molecular formula is C6H12NNaO2. The van der Waals surface area contributed by atoms with Gasteiger partial charge in [-0.1, -0.05) is 0 Å². The molecule has 10 heavy (non-hydrogen) atoms. The van der Waals surface area contributed by atoms with Gasteiger partial charge in [0, 0.05) is 6.61 Å². The second kappa shape index (κ2) is 5.52. The predicted molar refractivity (Wildman–Crippen MR) is 34.5 cm³/mol. The van der Waals surface area contributed by atoms with Crippen LogP contribution in [0.25, 0.3) is 5.32 Å². The molecule has 0 aliphatic carbocycles. The molecule has 3 nitrogen and oxygen atoms in total. The number of nitrogens with zero attached hydrogens (tertiary/aromatic N) is 1. The quantitative estimate of drug-likeness (QED) is 0.412. The minimum atomic E-state index is -0.381. The zero-order valence-corrected chi connectivity index (χ0v) is 8.58. The molecule has 1 rings (SSSR count). The summed E-state index contributed by atoms with van der Waals surface area (Å²) in [6, 6.07) is 0. The Kier molecular flexibility index (Phi) is 6.01. The van der Waals surface area contributed by atoms with E-state index in [2.05, 4.69) is 5.32 Å². The minimum Gasteiger partial charge on any atom is -0.658 e. The van der Waals surface area contributed by atoms with Crippen molar-refractivity contribution in [2.24, 2.45) is 0 Å². The molecule has 1 aliphatic rings. The predicted octanol–water partition coefficient (Wildman–Crippen LogP) is -2.86. The number of aliphatic hydroxyl groups excluding tert-OH is 1. The topological polar surface area (TPSA) is 43.6 Å². The summed E-state index contributed by atoms with van der Waals surface area (Å²) in [5.74, 6) is 0. The van der Waals surface area contributed by atoms with Crippen molar-refractivity contribution in [1.82, 2.24) is 0 Å². The number of hydrogen-bond donors (Lipinski definition) is 1. The van der Waals surface area contributed by atoms with Crippen LogP contribution in [0.15, 0.2) is 0 Å². The largest absolute Gasteiger partial charge is 1.00 e. The first kappa shape index (κ1) is 10.9. The van der Waals surface area contributed by atoms with Gasteiger partial charge in [-0.25, -0.2) is 0 Å². The van der Waals surface area contributed by atoms with Gasteiger partial charge < -0.3 is 15.2 Å². The number of aliphatic hydroxyl groups is 1. The third kappa shape index (κ3) is 3.32. The van der Waals surface area contributed by atoms with Gasteiger partial charge in [-0.2, -0.15) is 0 Å². The maximum atomic E-state index is 8.99. The van der Waals surface area contributed by atoms with Gasteiger partial charge >= 0.3 is 29.6 Å². The Balaban J connectivity index is 0.000000810. The molecule has 1 N–H and O–H groups in total. The zero-order chi connectivity index (χ0) is 6.69. The SMILES string of the molecule is CC(O)C1C[N-]CCO1.[Na+]. The fraction of sp³-hybridized carbons (Fsp3) is 1.00. The maximum absolute atomic E-state index is 8.99. The van der Waals surface area contributed by atoms with Crippen molar-refractivity contribution in [3.63, 3.8) is 0 Å². The molecule has 0 saturated carbocycles. The molecule has 1 saturated heterocycles. The zero-order valence-electron chi connectivity index (χ0n) is 6.58. The standard InChI is InChI=1S/C6H12NO2.Na/c1-5(8)6-4-7-2-3-9-6;/h5-6,8H,2-4H2,1H3;/q-1;+1. The van der Waals surface area contributed by atoms with Gasteiger partial charge in [0.15, 0.2) is 0 Å². The molecule has 0 aromatic rings. The second-order valence-corrected chi connectivity index (χ2v) is 2.28. The molecule has 1 heterocycles. The Morgan fingerprint density at radius 1 is 1.70 bits per heavy atom. The van der Waals surface area contributed by atoms with Crippen LogP contribution in [0.4, 0.5) is 0 Å². The summed E-state index contributed by atoms with van der Waals surface area (Å²) in [6.45, 7) is 3.82. The van der Waals surface area contributed by atoms with E-state index < -0.39 is 0 Å². The van der Waals surface area contributed by atoms with Crippen LogP contribution in [-0.2, 0) is 4.74 Å². The van der Waals surface area contributed by atoms with Crippen molar-refractivity contribution in [2.75, 3.05) is 19.7 Å². The van der Waals surface area contributed by atoms with Crippen LogP contribution in [0.2, 0.25) is 0 Å². The van der Waals surface area contributed by atoms with Gasteiger partial charge in [0.25, 0.3) is 0 Å². The van der Waals surface area contributed by atoms with Crippen LogP contribution >= 0.6 is 0 Å². The normalized spacial score (nSPS) is 28.8. The molecule has 0 spiro atoms. The summed E-state index contributed by atoms with van der Waals surface area (Å²) in [5.41, 5.74) is 0. The molecule has 1 fully saturated rings. The molecular weight excluding hydrogens is 141 g/mol. The van der Waals surface area contributed by atoms with Crippen molar-refractivity contribution < 1.29 is 39.4 Å². The van der Waals surface area contributed by atoms with E-state index in [9.17, 15) is 0 Å². The summed E-state index contributed by atoms with van der Waals surface area (Å²) >= 11 is 0. The summed E-state index contributed by atoms with van der Waals surface area (Å²) in [7, 11) is 0. The van der Waals surface area contributed by atoms with Crippen molar-refractivity contribution in [2.45, 2.75) is 19.1 Å². The van der Waals surface area contributed by atoms with Gasteiger partial charge in [0.2, 0.25) is 0 Å². The first-order valence-corrected chi connectivity index (χ1v) is 3.23. The average molecular weight is 153 g/mol. The van der Waals surface area contributed by atoms with Crippen LogP contribution in [-0.4, -0.2) is 37.0 Å². The summed E-state index contributed by atoms with van der Waals surface area (Å²) < 4.78 is 5.20. The van der Waals surface area contributed by atoms with Crippen LogP contribution < -0.4 is 29.6 Å². The first-order valence-electron chi connectivity index (χ1n) is 3.23. The van der Waals surface area contributed by atoms with E-state index in [1.165, 1.54) is 0 Å². The third-order valence-electron chi connectivity index (χ3n) is 1.43. The summed E-state index contributed by atoms with van der Waals surface area (Å²) in [4.78, 5) is 0. The third-order valence-corrected chi connectivity index (χ3v) is 1.43. The Morgan fingerprint density at radius 2 is 2.40 bits per heavy atom. The van der Waals surface area contributed by atoms with Gasteiger partial charge in [0.05, 0.1) is 12.2 Å². The van der Waals surface area contributed by atoms with Gasteiger partial charge in [-0.15, -0.1) is 13.1 Å². The van der Waals surface area contributed by atoms with Crippen LogP contribution in [0.5, 0.6) is 0 Å². The molecule has 1 aliphatic heterocycles. The number of rotatable bonds is 1. The van der Waals surface area contributed by atoms with Gasteiger partial charge in [-0.05, 0) is 6.92 Å². The molecule has 0 amide bonds. The van der Waals surface area contributed by atoms with Crippen molar-refractivity contribution in [1.29, 1.82) is 0 Å². The number of ether oxygens (including phenoxy) is 1. The maximum Gasteiger partial charge on any atom is 1.00 e. The Morgan fingerprint density at radius 3 is 2.70 bits per heavy atom. The van der Waals surface area contributed by atoms with E-state index in [0.717, 1.165) is 6.54 Å². The summed E-state index contributed by atoms with van der Waals surface area (Å²) in [6.07, 6.45) is -0.437. The first-order chi connectivity index (χ1) is 4.30. The van der Waals surface area contributed by atoms with E-state index in [1.54, 1.807) is 6.92 Å². The van der Waals surface area contributed by atoms with Crippen LogP contribution in [0, 0.1) is 0 Å². The van der Waals surface area contributed by atoms with Gasteiger partial charge in [-0.3, -0.25) is 0 Å². The molecule has 2 unspecified atom stereocenters. The Hall–Kier alpha value is 0.880. The van der Waals surface area contributed by atoms with Crippen molar-refractivity contribution in [3.05, 3.63) is 5.32 Å². The monoisotopic (exact) mass is 153 g/mol. The van der Waals surface area contributed by atoms with Crippen molar-refractivity contribution >= 4 is 0 Å². The van der Waals surface area contributed by atoms with E-state index in [-0.39, 0.29) is 41.8 Å². The molecule has 0 aromatic heterocycles. The van der Waals surface area contributed by atoms with Crippen LogP contribution in [0.3, 0.4) is 0 Å². The van der Waals surface area contributed by atoms with Crippen molar-refractivity contribution in [3.8, 4) is 0 Å².